The zero-order chi connectivity index (χ0) is 21.8. The van der Waals surface area contributed by atoms with Crippen LogP contribution in [0.3, 0.4) is 0 Å². The van der Waals surface area contributed by atoms with Gasteiger partial charge in [0, 0.05) is 11.3 Å². The fraction of sp³-hybridized carbons (Fsp3) is 0.150. The molecule has 0 unspecified atom stereocenters. The minimum Gasteiger partial charge on any atom is -0.493 e. The van der Waals surface area contributed by atoms with E-state index in [2.05, 4.69) is 5.32 Å². The van der Waals surface area contributed by atoms with Crippen molar-refractivity contribution in [3.63, 3.8) is 0 Å². The third-order valence-electron chi connectivity index (χ3n) is 4.10. The summed E-state index contributed by atoms with van der Waals surface area (Å²) in [6.07, 6.45) is 1.50. The number of amides is 3. The molecule has 1 aliphatic heterocycles. The standard InChI is InChI=1S/C20H16ClFN2O5S/c1-28-15-5-3-4-11(18(15)29-2)8-16-19(26)24(20(27)30-16)10-17(25)23-12-6-7-14(22)13(21)9-12/h3-9H,10H2,1-2H3,(H,23,25)/b16-8+. The third kappa shape index (κ3) is 4.58. The van der Waals surface area contributed by atoms with Crippen molar-refractivity contribution >= 4 is 52.2 Å². The van der Waals surface area contributed by atoms with Crippen molar-refractivity contribution in [3.05, 3.63) is 57.7 Å². The zero-order valence-electron chi connectivity index (χ0n) is 15.9. The number of imide groups is 1. The predicted octanol–water partition coefficient (Wildman–Crippen LogP) is 4.17. The van der Waals surface area contributed by atoms with Gasteiger partial charge in [-0.25, -0.2) is 4.39 Å². The number of methoxy groups -OCH3 is 2. The van der Waals surface area contributed by atoms with Gasteiger partial charge in [-0.1, -0.05) is 23.7 Å². The van der Waals surface area contributed by atoms with Crippen LogP contribution in [0, 0.1) is 5.82 Å². The molecule has 0 aliphatic carbocycles. The molecule has 156 valence electrons. The summed E-state index contributed by atoms with van der Waals surface area (Å²) in [5.74, 6) is -0.971. The minimum absolute atomic E-state index is 0.143. The van der Waals surface area contributed by atoms with E-state index in [4.69, 9.17) is 21.1 Å². The molecule has 30 heavy (non-hydrogen) atoms. The Morgan fingerprint density at radius 1 is 1.23 bits per heavy atom. The molecule has 1 aliphatic rings. The summed E-state index contributed by atoms with van der Waals surface area (Å²) >= 11 is 6.39. The first-order valence-electron chi connectivity index (χ1n) is 8.55. The van der Waals surface area contributed by atoms with Gasteiger partial charge >= 0.3 is 0 Å². The van der Waals surface area contributed by atoms with Crippen LogP contribution in [0.5, 0.6) is 11.5 Å². The van der Waals surface area contributed by atoms with Crippen LogP contribution in [-0.2, 0) is 9.59 Å². The molecule has 3 rings (SSSR count). The van der Waals surface area contributed by atoms with Gasteiger partial charge in [0.15, 0.2) is 11.5 Å². The lowest BCUT2D eigenvalue weighted by Crippen LogP contribution is -2.36. The lowest BCUT2D eigenvalue weighted by Gasteiger charge is -2.13. The molecule has 10 heteroatoms. The average Bonchev–Trinajstić information content (AvgIpc) is 2.97. The maximum absolute atomic E-state index is 13.2. The highest BCUT2D eigenvalue weighted by Crippen LogP contribution is 2.37. The van der Waals surface area contributed by atoms with Gasteiger partial charge in [-0.15, -0.1) is 0 Å². The number of thioether (sulfide) groups is 1. The molecule has 1 N–H and O–H groups in total. The number of rotatable bonds is 6. The topological polar surface area (TPSA) is 84.9 Å². The van der Waals surface area contributed by atoms with Crippen molar-refractivity contribution in [1.29, 1.82) is 0 Å². The second-order valence-corrected chi connectivity index (χ2v) is 7.43. The Morgan fingerprint density at radius 3 is 2.67 bits per heavy atom. The number of hydrogen-bond donors (Lipinski definition) is 1. The highest BCUT2D eigenvalue weighted by atomic mass is 35.5. The molecule has 1 saturated heterocycles. The smallest absolute Gasteiger partial charge is 0.294 e. The number of hydrogen-bond acceptors (Lipinski definition) is 6. The van der Waals surface area contributed by atoms with E-state index in [1.807, 2.05) is 0 Å². The van der Waals surface area contributed by atoms with Gasteiger partial charge in [-0.05, 0) is 42.1 Å². The van der Waals surface area contributed by atoms with Gasteiger partial charge in [-0.3, -0.25) is 19.3 Å². The van der Waals surface area contributed by atoms with Crippen LogP contribution in [0.1, 0.15) is 5.56 Å². The zero-order valence-corrected chi connectivity index (χ0v) is 17.5. The van der Waals surface area contributed by atoms with Crippen molar-refractivity contribution < 1.29 is 28.2 Å². The highest BCUT2D eigenvalue weighted by molar-refractivity contribution is 8.18. The predicted molar refractivity (Wildman–Crippen MR) is 112 cm³/mol. The lowest BCUT2D eigenvalue weighted by molar-refractivity contribution is -0.127. The molecule has 1 fully saturated rings. The van der Waals surface area contributed by atoms with Crippen LogP contribution < -0.4 is 14.8 Å². The van der Waals surface area contributed by atoms with E-state index < -0.39 is 29.4 Å². The van der Waals surface area contributed by atoms with Gasteiger partial charge in [0.05, 0.1) is 24.1 Å². The van der Waals surface area contributed by atoms with Crippen molar-refractivity contribution in [2.45, 2.75) is 0 Å². The second kappa shape index (κ2) is 9.19. The first-order chi connectivity index (χ1) is 14.3. The molecular formula is C20H16ClFN2O5S. The maximum atomic E-state index is 13.2. The molecule has 3 amide bonds. The summed E-state index contributed by atoms with van der Waals surface area (Å²) < 4.78 is 23.8. The second-order valence-electron chi connectivity index (χ2n) is 6.03. The van der Waals surface area contributed by atoms with Crippen LogP contribution in [0.15, 0.2) is 41.3 Å². The molecule has 0 spiro atoms. The van der Waals surface area contributed by atoms with Crippen LogP contribution in [-0.4, -0.2) is 42.7 Å². The molecule has 0 saturated carbocycles. The summed E-state index contributed by atoms with van der Waals surface area (Å²) in [6.45, 7) is -0.494. The maximum Gasteiger partial charge on any atom is 0.294 e. The molecule has 1 heterocycles. The highest BCUT2D eigenvalue weighted by Gasteiger charge is 2.36. The quantitative estimate of drug-likeness (QED) is 0.665. The Labute approximate surface area is 180 Å². The number of ether oxygens (including phenoxy) is 2. The van der Waals surface area contributed by atoms with Crippen molar-refractivity contribution in [2.75, 3.05) is 26.1 Å². The van der Waals surface area contributed by atoms with E-state index in [9.17, 15) is 18.8 Å². The molecule has 0 aromatic heterocycles. The van der Waals surface area contributed by atoms with Crippen LogP contribution in [0.2, 0.25) is 5.02 Å². The fourth-order valence-electron chi connectivity index (χ4n) is 2.72. The number of benzene rings is 2. The van der Waals surface area contributed by atoms with Gasteiger partial charge < -0.3 is 14.8 Å². The van der Waals surface area contributed by atoms with Crippen molar-refractivity contribution in [2.24, 2.45) is 0 Å². The minimum atomic E-state index is -0.626. The van der Waals surface area contributed by atoms with Gasteiger partial charge in [0.2, 0.25) is 5.91 Å². The first kappa shape index (κ1) is 21.7. The summed E-state index contributed by atoms with van der Waals surface area (Å²) in [4.78, 5) is 38.1. The van der Waals surface area contributed by atoms with E-state index in [1.165, 1.54) is 32.4 Å². The molecule has 2 aromatic carbocycles. The largest absolute Gasteiger partial charge is 0.493 e. The number of para-hydroxylation sites is 1. The summed E-state index contributed by atoms with van der Waals surface area (Å²) in [5.41, 5.74) is 0.794. The third-order valence-corrected chi connectivity index (χ3v) is 5.30. The molecule has 7 nitrogen and oxygen atoms in total. The Hall–Kier alpha value is -3.04. The molecule has 0 atom stereocenters. The lowest BCUT2D eigenvalue weighted by atomic mass is 10.1. The van der Waals surface area contributed by atoms with Crippen LogP contribution >= 0.6 is 23.4 Å². The number of anilines is 1. The fourth-order valence-corrected chi connectivity index (χ4v) is 3.73. The molecule has 2 aromatic rings. The van der Waals surface area contributed by atoms with E-state index in [0.29, 0.717) is 28.8 Å². The van der Waals surface area contributed by atoms with Crippen molar-refractivity contribution in [1.82, 2.24) is 4.90 Å². The molecular weight excluding hydrogens is 435 g/mol. The Kier molecular flexibility index (Phi) is 6.63. The van der Waals surface area contributed by atoms with E-state index in [-0.39, 0.29) is 15.6 Å². The van der Waals surface area contributed by atoms with E-state index in [1.54, 1.807) is 18.2 Å². The Balaban J connectivity index is 1.75. The number of nitrogens with one attached hydrogen (secondary N) is 1. The van der Waals surface area contributed by atoms with E-state index >= 15 is 0 Å². The Morgan fingerprint density at radius 2 is 2.00 bits per heavy atom. The van der Waals surface area contributed by atoms with E-state index in [0.717, 1.165) is 11.0 Å². The number of carbonyl (C=O) groups excluding carboxylic acids is 3. The SMILES string of the molecule is COc1cccc(/C=C2/SC(=O)N(CC(=O)Nc3ccc(F)c(Cl)c3)C2=O)c1OC. The number of halogens is 2. The first-order valence-corrected chi connectivity index (χ1v) is 9.74. The van der Waals surface area contributed by atoms with Gasteiger partial charge in [0.1, 0.15) is 12.4 Å². The normalized spacial score (nSPS) is 14.9. The van der Waals surface area contributed by atoms with Crippen LogP contribution in [0.25, 0.3) is 6.08 Å². The van der Waals surface area contributed by atoms with Crippen molar-refractivity contribution in [3.8, 4) is 11.5 Å². The number of carbonyl (C=O) groups is 3. The van der Waals surface area contributed by atoms with Gasteiger partial charge in [-0.2, -0.15) is 0 Å². The molecule has 0 bridgehead atoms. The van der Waals surface area contributed by atoms with Crippen LogP contribution in [0.4, 0.5) is 14.9 Å². The Bertz CT molecular complexity index is 1060. The monoisotopic (exact) mass is 450 g/mol. The summed E-state index contributed by atoms with van der Waals surface area (Å²) in [6, 6.07) is 8.79. The summed E-state index contributed by atoms with van der Waals surface area (Å²) in [5, 5.41) is 1.73. The molecule has 0 radical (unpaired) electrons. The number of nitrogens with zero attached hydrogens (tertiary/aromatic N) is 1. The van der Waals surface area contributed by atoms with Gasteiger partial charge in [0.25, 0.3) is 11.1 Å². The summed E-state index contributed by atoms with van der Waals surface area (Å²) in [7, 11) is 2.95. The average molecular weight is 451 g/mol.